The zero-order valence-corrected chi connectivity index (χ0v) is 12.8. The van der Waals surface area contributed by atoms with Crippen molar-refractivity contribution in [3.8, 4) is 5.75 Å². The van der Waals surface area contributed by atoms with Crippen LogP contribution in [-0.2, 0) is 14.3 Å². The molecule has 0 aliphatic carbocycles. The van der Waals surface area contributed by atoms with Crippen molar-refractivity contribution in [1.82, 2.24) is 4.90 Å². The predicted molar refractivity (Wildman–Crippen MR) is 80.9 cm³/mol. The Hall–Kier alpha value is -2.08. The van der Waals surface area contributed by atoms with Crippen molar-refractivity contribution in [1.29, 1.82) is 0 Å². The molecule has 118 valence electrons. The summed E-state index contributed by atoms with van der Waals surface area (Å²) in [6.45, 7) is 5.36. The average molecular weight is 304 g/mol. The number of rotatable bonds is 2. The number of hydrogen-bond acceptors (Lipinski definition) is 5. The lowest BCUT2D eigenvalue weighted by atomic mass is 10.2. The summed E-state index contributed by atoms with van der Waals surface area (Å²) in [5.41, 5.74) is 0.782. The van der Waals surface area contributed by atoms with Crippen LogP contribution in [0.1, 0.15) is 13.8 Å². The van der Waals surface area contributed by atoms with Gasteiger partial charge in [-0.15, -0.1) is 0 Å². The first-order valence-corrected chi connectivity index (χ1v) is 7.51. The molecule has 1 aromatic rings. The number of benzene rings is 1. The number of amides is 1. The number of ether oxygens (including phenoxy) is 2. The second-order valence-corrected chi connectivity index (χ2v) is 5.85. The second-order valence-electron chi connectivity index (χ2n) is 5.85. The van der Waals surface area contributed by atoms with E-state index in [2.05, 4.69) is 0 Å². The number of carbonyl (C=O) groups excluding carboxylic acids is 2. The number of para-hydroxylation sites is 2. The monoisotopic (exact) mass is 304 g/mol. The van der Waals surface area contributed by atoms with Crippen LogP contribution in [0.4, 0.5) is 5.69 Å². The van der Waals surface area contributed by atoms with Crippen molar-refractivity contribution in [3.63, 3.8) is 0 Å². The molecule has 1 saturated heterocycles. The van der Waals surface area contributed by atoms with E-state index in [1.807, 2.05) is 32.0 Å². The number of morpholine rings is 1. The fourth-order valence-corrected chi connectivity index (χ4v) is 2.99. The van der Waals surface area contributed by atoms with Gasteiger partial charge in [-0.2, -0.15) is 0 Å². The molecule has 0 aromatic heterocycles. The molecule has 22 heavy (non-hydrogen) atoms. The van der Waals surface area contributed by atoms with Crippen LogP contribution < -0.4 is 9.64 Å². The highest BCUT2D eigenvalue weighted by molar-refractivity contribution is 5.89. The minimum Gasteiger partial charge on any atom is -0.423 e. The van der Waals surface area contributed by atoms with E-state index >= 15 is 0 Å². The van der Waals surface area contributed by atoms with Gasteiger partial charge in [0.15, 0.2) is 5.75 Å². The van der Waals surface area contributed by atoms with E-state index in [1.165, 1.54) is 0 Å². The van der Waals surface area contributed by atoms with Gasteiger partial charge in [-0.25, -0.2) is 4.79 Å². The standard InChI is InChI=1S/C16H20N2O4/c1-11-7-18(8-12(2)21-11)15(19)9-17-10-16(20)22-14-6-4-3-5-13(14)17/h3-6,11-12H,7-10H2,1-2H3. The summed E-state index contributed by atoms with van der Waals surface area (Å²) in [4.78, 5) is 27.8. The molecule has 2 aliphatic heterocycles. The lowest BCUT2D eigenvalue weighted by Gasteiger charge is -2.37. The summed E-state index contributed by atoms with van der Waals surface area (Å²) in [5.74, 6) is 0.178. The van der Waals surface area contributed by atoms with E-state index in [0.717, 1.165) is 5.69 Å². The molecule has 2 atom stereocenters. The number of esters is 1. The molecule has 0 N–H and O–H groups in total. The van der Waals surface area contributed by atoms with Gasteiger partial charge in [-0.1, -0.05) is 12.1 Å². The predicted octanol–water partition coefficient (Wildman–Crippen LogP) is 1.05. The Labute approximate surface area is 129 Å². The molecule has 1 amide bonds. The Morgan fingerprint density at radius 1 is 1.23 bits per heavy atom. The Kier molecular flexibility index (Phi) is 4.02. The molecule has 0 radical (unpaired) electrons. The lowest BCUT2D eigenvalue weighted by molar-refractivity contribution is -0.141. The molecular formula is C16H20N2O4. The summed E-state index contributed by atoms with van der Waals surface area (Å²) < 4.78 is 10.8. The molecule has 1 aromatic carbocycles. The van der Waals surface area contributed by atoms with E-state index in [1.54, 1.807) is 15.9 Å². The van der Waals surface area contributed by atoms with Gasteiger partial charge in [0.05, 0.1) is 24.4 Å². The van der Waals surface area contributed by atoms with Crippen LogP contribution in [0.3, 0.4) is 0 Å². The topological polar surface area (TPSA) is 59.1 Å². The van der Waals surface area contributed by atoms with Gasteiger partial charge in [-0.05, 0) is 26.0 Å². The van der Waals surface area contributed by atoms with Crippen molar-refractivity contribution in [2.24, 2.45) is 0 Å². The Balaban J connectivity index is 1.73. The minimum atomic E-state index is -0.338. The fourth-order valence-electron chi connectivity index (χ4n) is 2.99. The van der Waals surface area contributed by atoms with Crippen LogP contribution in [0.15, 0.2) is 24.3 Å². The number of hydrogen-bond donors (Lipinski definition) is 0. The summed E-state index contributed by atoms with van der Waals surface area (Å²) >= 11 is 0. The zero-order chi connectivity index (χ0) is 15.7. The maximum atomic E-state index is 12.6. The molecule has 6 nitrogen and oxygen atoms in total. The normalized spacial score (nSPS) is 24.7. The SMILES string of the molecule is CC1CN(C(=O)CN2CC(=O)Oc3ccccc32)CC(C)O1. The maximum absolute atomic E-state index is 12.6. The molecule has 0 saturated carbocycles. The first kappa shape index (κ1) is 14.8. The van der Waals surface area contributed by atoms with Crippen LogP contribution in [0.25, 0.3) is 0 Å². The lowest BCUT2D eigenvalue weighted by Crippen LogP contribution is -2.52. The highest BCUT2D eigenvalue weighted by atomic mass is 16.5. The van der Waals surface area contributed by atoms with Crippen molar-refractivity contribution in [2.45, 2.75) is 26.1 Å². The number of anilines is 1. The van der Waals surface area contributed by atoms with E-state index in [9.17, 15) is 9.59 Å². The summed E-state index contributed by atoms with van der Waals surface area (Å²) in [5, 5.41) is 0. The van der Waals surface area contributed by atoms with E-state index in [-0.39, 0.29) is 37.2 Å². The quantitative estimate of drug-likeness (QED) is 0.604. The first-order valence-electron chi connectivity index (χ1n) is 7.51. The number of nitrogens with zero attached hydrogens (tertiary/aromatic N) is 2. The fraction of sp³-hybridized carbons (Fsp3) is 0.500. The van der Waals surface area contributed by atoms with Gasteiger partial charge >= 0.3 is 5.97 Å². The third kappa shape index (κ3) is 3.06. The molecule has 2 unspecified atom stereocenters. The van der Waals surface area contributed by atoms with Crippen LogP contribution in [-0.4, -0.2) is 55.2 Å². The maximum Gasteiger partial charge on any atom is 0.331 e. The van der Waals surface area contributed by atoms with Gasteiger partial charge in [0.25, 0.3) is 0 Å². The molecule has 2 aliphatic rings. The second kappa shape index (κ2) is 5.96. The van der Waals surface area contributed by atoms with E-state index in [4.69, 9.17) is 9.47 Å². The van der Waals surface area contributed by atoms with Crippen LogP contribution in [0.5, 0.6) is 5.75 Å². The van der Waals surface area contributed by atoms with Crippen LogP contribution in [0, 0.1) is 0 Å². The molecule has 2 heterocycles. The van der Waals surface area contributed by atoms with Crippen molar-refractivity contribution < 1.29 is 19.1 Å². The van der Waals surface area contributed by atoms with Crippen molar-refractivity contribution in [2.75, 3.05) is 31.1 Å². The van der Waals surface area contributed by atoms with Gasteiger partial charge in [0.2, 0.25) is 5.91 Å². The Morgan fingerprint density at radius 2 is 1.91 bits per heavy atom. The molecular weight excluding hydrogens is 284 g/mol. The van der Waals surface area contributed by atoms with Crippen LogP contribution in [0.2, 0.25) is 0 Å². The molecule has 3 rings (SSSR count). The molecule has 0 spiro atoms. The number of carbonyl (C=O) groups is 2. The van der Waals surface area contributed by atoms with E-state index < -0.39 is 0 Å². The highest BCUT2D eigenvalue weighted by Gasteiger charge is 2.30. The highest BCUT2D eigenvalue weighted by Crippen LogP contribution is 2.31. The van der Waals surface area contributed by atoms with Gasteiger partial charge in [0, 0.05) is 13.1 Å². The largest absolute Gasteiger partial charge is 0.423 e. The van der Waals surface area contributed by atoms with Gasteiger partial charge in [0.1, 0.15) is 6.54 Å². The van der Waals surface area contributed by atoms with Crippen molar-refractivity contribution in [3.05, 3.63) is 24.3 Å². The minimum absolute atomic E-state index is 0.00602. The average Bonchev–Trinajstić information content (AvgIpc) is 2.46. The zero-order valence-electron chi connectivity index (χ0n) is 12.8. The van der Waals surface area contributed by atoms with Gasteiger partial charge in [-0.3, -0.25) is 4.79 Å². The Bertz CT molecular complexity index is 579. The summed E-state index contributed by atoms with van der Waals surface area (Å²) in [6.07, 6.45) is 0.0672. The summed E-state index contributed by atoms with van der Waals surface area (Å²) in [6, 6.07) is 7.28. The third-order valence-electron chi connectivity index (χ3n) is 3.85. The third-order valence-corrected chi connectivity index (χ3v) is 3.85. The van der Waals surface area contributed by atoms with E-state index in [0.29, 0.717) is 18.8 Å². The van der Waals surface area contributed by atoms with Crippen molar-refractivity contribution >= 4 is 17.6 Å². The number of fused-ring (bicyclic) bond motifs is 1. The van der Waals surface area contributed by atoms with Gasteiger partial charge < -0.3 is 19.3 Å². The Morgan fingerprint density at radius 3 is 2.64 bits per heavy atom. The summed E-state index contributed by atoms with van der Waals surface area (Å²) in [7, 11) is 0. The first-order chi connectivity index (χ1) is 10.5. The molecule has 0 bridgehead atoms. The smallest absolute Gasteiger partial charge is 0.331 e. The molecule has 1 fully saturated rings. The molecule has 6 heteroatoms. The van der Waals surface area contributed by atoms with Crippen LogP contribution >= 0.6 is 0 Å².